The van der Waals surface area contributed by atoms with Crippen molar-refractivity contribution in [1.82, 2.24) is 0 Å². The molecule has 0 N–H and O–H groups in total. The van der Waals surface area contributed by atoms with Crippen molar-refractivity contribution in [3.05, 3.63) is 34.9 Å². The van der Waals surface area contributed by atoms with Gasteiger partial charge in [-0.25, -0.2) is 0 Å². The van der Waals surface area contributed by atoms with Crippen molar-refractivity contribution in [1.29, 1.82) is 0 Å². The number of hydrogen-bond donors (Lipinski definition) is 0. The summed E-state index contributed by atoms with van der Waals surface area (Å²) in [6.07, 6.45) is 0.572. The second-order valence-electron chi connectivity index (χ2n) is 5.96. The van der Waals surface area contributed by atoms with Gasteiger partial charge in [0.15, 0.2) is 5.92 Å². The molecule has 2 rings (SSSR count). The van der Waals surface area contributed by atoms with Crippen LogP contribution in [0.1, 0.15) is 39.7 Å². The smallest absolute Gasteiger partial charge is 0.324 e. The monoisotopic (exact) mass is 310 g/mol. The van der Waals surface area contributed by atoms with Gasteiger partial charge >= 0.3 is 11.9 Å². The molecule has 1 heterocycles. The van der Waals surface area contributed by atoms with E-state index in [1.165, 1.54) is 0 Å². The molecule has 0 radical (unpaired) electrons. The van der Waals surface area contributed by atoms with E-state index in [9.17, 15) is 9.59 Å². The van der Waals surface area contributed by atoms with Gasteiger partial charge in [-0.15, -0.1) is 0 Å². The molecule has 21 heavy (non-hydrogen) atoms. The number of carbonyl (C=O) groups is 2. The maximum Gasteiger partial charge on any atom is 0.324 e. The summed E-state index contributed by atoms with van der Waals surface area (Å²) in [7, 11) is 0. The van der Waals surface area contributed by atoms with Crippen molar-refractivity contribution in [2.75, 3.05) is 0 Å². The van der Waals surface area contributed by atoms with Gasteiger partial charge in [-0.1, -0.05) is 37.6 Å². The fraction of sp³-hybridized carbons (Fsp3) is 0.500. The molecule has 0 amide bonds. The van der Waals surface area contributed by atoms with Crippen molar-refractivity contribution in [3.8, 4) is 0 Å². The molecule has 0 unspecified atom stereocenters. The molecular formula is C16H19ClO4. The Morgan fingerprint density at radius 3 is 2.29 bits per heavy atom. The van der Waals surface area contributed by atoms with Crippen LogP contribution in [-0.4, -0.2) is 17.7 Å². The first-order chi connectivity index (χ1) is 9.69. The van der Waals surface area contributed by atoms with Crippen LogP contribution < -0.4 is 0 Å². The summed E-state index contributed by atoms with van der Waals surface area (Å²) in [5, 5.41) is 0.560. The Morgan fingerprint density at radius 2 is 1.81 bits per heavy atom. The summed E-state index contributed by atoms with van der Waals surface area (Å²) < 4.78 is 10.5. The molecule has 0 aliphatic carbocycles. The zero-order chi connectivity index (χ0) is 15.8. The summed E-state index contributed by atoms with van der Waals surface area (Å²) in [4.78, 5) is 24.7. The Morgan fingerprint density at radius 1 is 1.24 bits per heavy atom. The first kappa shape index (κ1) is 15.8. The summed E-state index contributed by atoms with van der Waals surface area (Å²) in [5.41, 5.74) is 0.0892. The summed E-state index contributed by atoms with van der Waals surface area (Å²) in [5.74, 6) is -3.32. The number of ether oxygens (including phenoxy) is 2. The van der Waals surface area contributed by atoms with E-state index in [2.05, 4.69) is 0 Å². The normalized spacial score (nSPS) is 21.4. The standard InChI is InChI=1S/C16H19ClO4/c1-5-16(4,10-7-6-8-11(17)9-10)12-13(18)20-15(2,3)21-14(12)19/h6-9,12H,5H2,1-4H3/t16-/m0/s1. The maximum atomic E-state index is 12.3. The molecule has 0 aromatic heterocycles. The minimum absolute atomic E-state index is 0.555. The highest BCUT2D eigenvalue weighted by molar-refractivity contribution is 6.30. The van der Waals surface area contributed by atoms with Crippen LogP contribution in [0.15, 0.2) is 24.3 Å². The largest absolute Gasteiger partial charge is 0.422 e. The summed E-state index contributed by atoms with van der Waals surface area (Å²) in [6, 6.07) is 7.18. The second-order valence-corrected chi connectivity index (χ2v) is 6.39. The van der Waals surface area contributed by atoms with Gasteiger partial charge in [0, 0.05) is 24.3 Å². The van der Waals surface area contributed by atoms with Crippen LogP contribution in [0.4, 0.5) is 0 Å². The predicted octanol–water partition coefficient (Wildman–Crippen LogP) is 3.46. The van der Waals surface area contributed by atoms with E-state index in [-0.39, 0.29) is 0 Å². The molecule has 0 bridgehead atoms. The van der Waals surface area contributed by atoms with Crippen LogP contribution >= 0.6 is 11.6 Å². The molecule has 5 heteroatoms. The highest BCUT2D eigenvalue weighted by Gasteiger charge is 2.52. The summed E-state index contributed by atoms with van der Waals surface area (Å²) >= 11 is 6.03. The molecular weight excluding hydrogens is 292 g/mol. The van der Waals surface area contributed by atoms with Gasteiger partial charge in [0.05, 0.1) is 0 Å². The third-order valence-corrected chi connectivity index (χ3v) is 4.25. The van der Waals surface area contributed by atoms with Gasteiger partial charge in [-0.2, -0.15) is 0 Å². The zero-order valence-corrected chi connectivity index (χ0v) is 13.4. The lowest BCUT2D eigenvalue weighted by atomic mass is 9.69. The average Bonchev–Trinajstić information content (AvgIpc) is 2.36. The topological polar surface area (TPSA) is 52.6 Å². The van der Waals surface area contributed by atoms with E-state index in [0.29, 0.717) is 11.4 Å². The van der Waals surface area contributed by atoms with E-state index in [1.54, 1.807) is 32.0 Å². The van der Waals surface area contributed by atoms with Gasteiger partial charge in [-0.05, 0) is 24.1 Å². The first-order valence-electron chi connectivity index (χ1n) is 6.91. The summed E-state index contributed by atoms with van der Waals surface area (Å²) in [6.45, 7) is 6.86. The van der Waals surface area contributed by atoms with Crippen LogP contribution in [0, 0.1) is 5.92 Å². The maximum absolute atomic E-state index is 12.3. The number of cyclic esters (lactones) is 2. The van der Waals surface area contributed by atoms with Crippen molar-refractivity contribution >= 4 is 23.5 Å². The Labute approximate surface area is 129 Å². The van der Waals surface area contributed by atoms with E-state index < -0.39 is 29.1 Å². The number of esters is 2. The van der Waals surface area contributed by atoms with E-state index in [4.69, 9.17) is 21.1 Å². The van der Waals surface area contributed by atoms with Crippen LogP contribution in [0.3, 0.4) is 0 Å². The van der Waals surface area contributed by atoms with Crippen LogP contribution in [0.25, 0.3) is 0 Å². The molecule has 1 aliphatic heterocycles. The van der Waals surface area contributed by atoms with Crippen molar-refractivity contribution in [2.24, 2.45) is 5.92 Å². The van der Waals surface area contributed by atoms with Gasteiger partial charge in [-0.3, -0.25) is 9.59 Å². The molecule has 114 valence electrons. The molecule has 0 spiro atoms. The van der Waals surface area contributed by atoms with Gasteiger partial charge in [0.25, 0.3) is 5.79 Å². The SMILES string of the molecule is CC[C@@](C)(c1cccc(Cl)c1)C1C(=O)OC(C)(C)OC1=O. The molecule has 4 nitrogen and oxygen atoms in total. The fourth-order valence-electron chi connectivity index (χ4n) is 2.66. The van der Waals surface area contributed by atoms with Gasteiger partial charge < -0.3 is 9.47 Å². The molecule has 0 saturated carbocycles. The zero-order valence-electron chi connectivity index (χ0n) is 12.6. The molecule has 1 atom stereocenters. The predicted molar refractivity (Wildman–Crippen MR) is 78.8 cm³/mol. The number of carbonyl (C=O) groups excluding carboxylic acids is 2. The lowest BCUT2D eigenvalue weighted by Crippen LogP contribution is -2.53. The number of benzene rings is 1. The van der Waals surface area contributed by atoms with Crippen molar-refractivity contribution < 1.29 is 19.1 Å². The highest BCUT2D eigenvalue weighted by atomic mass is 35.5. The van der Waals surface area contributed by atoms with Gasteiger partial charge in [0.2, 0.25) is 0 Å². The number of rotatable bonds is 3. The first-order valence-corrected chi connectivity index (χ1v) is 7.29. The molecule has 1 saturated heterocycles. The Hall–Kier alpha value is -1.55. The van der Waals surface area contributed by atoms with Crippen LogP contribution in [-0.2, 0) is 24.5 Å². The molecule has 1 aromatic rings. The lowest BCUT2D eigenvalue weighted by Gasteiger charge is -2.41. The Bertz CT molecular complexity index is 561. The Balaban J connectivity index is 2.45. The second kappa shape index (κ2) is 5.34. The molecule has 1 aromatic carbocycles. The minimum atomic E-state index is -1.21. The molecule has 1 aliphatic rings. The minimum Gasteiger partial charge on any atom is -0.422 e. The van der Waals surface area contributed by atoms with E-state index in [0.717, 1.165) is 5.56 Å². The van der Waals surface area contributed by atoms with Crippen molar-refractivity contribution in [3.63, 3.8) is 0 Å². The van der Waals surface area contributed by atoms with Crippen molar-refractivity contribution in [2.45, 2.75) is 45.3 Å². The fourth-order valence-corrected chi connectivity index (χ4v) is 2.85. The highest BCUT2D eigenvalue weighted by Crippen LogP contribution is 2.41. The van der Waals surface area contributed by atoms with E-state index >= 15 is 0 Å². The Kier molecular flexibility index (Phi) is 4.02. The van der Waals surface area contributed by atoms with Gasteiger partial charge in [0.1, 0.15) is 0 Å². The average molecular weight is 311 g/mol. The van der Waals surface area contributed by atoms with E-state index in [1.807, 2.05) is 19.9 Å². The third-order valence-electron chi connectivity index (χ3n) is 4.02. The molecule has 1 fully saturated rings. The number of hydrogen-bond acceptors (Lipinski definition) is 4. The third kappa shape index (κ3) is 2.91. The number of halogens is 1. The quantitative estimate of drug-likeness (QED) is 0.634. The lowest BCUT2D eigenvalue weighted by molar-refractivity contribution is -0.243. The van der Waals surface area contributed by atoms with Crippen LogP contribution in [0.5, 0.6) is 0 Å². The van der Waals surface area contributed by atoms with Crippen LogP contribution in [0.2, 0.25) is 5.02 Å².